The SMILES string of the molecule is Cc1ccc(-n2c(SCC(=O)Nc3cc(C(F)(F)F)cc(C(F)(F)F)c3)nnc2-c2ccc(Cl)cc2)cc1. The Balaban J connectivity index is 1.60. The molecular weight excluding hydrogens is 554 g/mol. The number of carbonyl (C=O) groups is 1. The van der Waals surface area contributed by atoms with Gasteiger partial charge in [0.25, 0.3) is 0 Å². The van der Waals surface area contributed by atoms with E-state index in [0.717, 1.165) is 17.3 Å². The first-order valence-electron chi connectivity index (χ1n) is 10.8. The van der Waals surface area contributed by atoms with Crippen LogP contribution in [0.4, 0.5) is 32.0 Å². The first kappa shape index (κ1) is 27.5. The van der Waals surface area contributed by atoms with Crippen molar-refractivity contribution in [1.29, 1.82) is 0 Å². The van der Waals surface area contributed by atoms with E-state index in [0.29, 0.717) is 34.2 Å². The smallest absolute Gasteiger partial charge is 0.325 e. The molecule has 4 rings (SSSR count). The van der Waals surface area contributed by atoms with Gasteiger partial charge in [-0.25, -0.2) is 0 Å². The molecule has 1 amide bonds. The molecule has 198 valence electrons. The Morgan fingerprint density at radius 3 is 2.03 bits per heavy atom. The second kappa shape index (κ2) is 10.7. The molecule has 0 spiro atoms. The number of amides is 1. The number of carbonyl (C=O) groups excluding carboxylic acids is 1. The Kier molecular flexibility index (Phi) is 7.75. The van der Waals surface area contributed by atoms with Gasteiger partial charge in [-0.1, -0.05) is 41.1 Å². The van der Waals surface area contributed by atoms with Gasteiger partial charge in [-0.05, 0) is 61.5 Å². The number of thioether (sulfide) groups is 1. The third-order valence-corrected chi connectivity index (χ3v) is 6.41. The number of aromatic nitrogens is 3. The Morgan fingerprint density at radius 2 is 1.47 bits per heavy atom. The number of halogens is 7. The highest BCUT2D eigenvalue weighted by molar-refractivity contribution is 7.99. The number of aryl methyl sites for hydroxylation is 1. The predicted octanol–water partition coefficient (Wildman–Crippen LogP) is 7.66. The van der Waals surface area contributed by atoms with Crippen LogP contribution < -0.4 is 5.32 Å². The fourth-order valence-electron chi connectivity index (χ4n) is 3.43. The number of benzene rings is 3. The molecule has 0 aliphatic heterocycles. The van der Waals surface area contributed by atoms with E-state index in [1.807, 2.05) is 31.2 Å². The van der Waals surface area contributed by atoms with Crippen LogP contribution in [0, 0.1) is 6.92 Å². The Hall–Kier alpha value is -3.51. The minimum Gasteiger partial charge on any atom is -0.325 e. The van der Waals surface area contributed by atoms with Gasteiger partial charge in [-0.2, -0.15) is 26.3 Å². The summed E-state index contributed by atoms with van der Waals surface area (Å²) in [6, 6.07) is 15.1. The molecule has 0 fully saturated rings. The van der Waals surface area contributed by atoms with E-state index in [1.165, 1.54) is 0 Å². The molecule has 0 saturated carbocycles. The minimum absolute atomic E-state index is 0.00720. The van der Waals surface area contributed by atoms with Gasteiger partial charge >= 0.3 is 12.4 Å². The quantitative estimate of drug-likeness (QED) is 0.191. The number of hydrogen-bond donors (Lipinski definition) is 1. The van der Waals surface area contributed by atoms with E-state index in [-0.39, 0.29) is 17.0 Å². The summed E-state index contributed by atoms with van der Waals surface area (Å²) in [5.74, 6) is -0.738. The lowest BCUT2D eigenvalue weighted by atomic mass is 10.1. The van der Waals surface area contributed by atoms with Gasteiger partial charge < -0.3 is 5.32 Å². The summed E-state index contributed by atoms with van der Waals surface area (Å²) in [6.07, 6.45) is -10.1. The zero-order valence-corrected chi connectivity index (χ0v) is 20.9. The number of anilines is 1. The molecule has 38 heavy (non-hydrogen) atoms. The molecule has 0 atom stereocenters. The lowest BCUT2D eigenvalue weighted by Gasteiger charge is -2.15. The minimum atomic E-state index is -5.03. The lowest BCUT2D eigenvalue weighted by Crippen LogP contribution is -2.17. The number of alkyl halides is 6. The summed E-state index contributed by atoms with van der Waals surface area (Å²) in [4.78, 5) is 12.5. The summed E-state index contributed by atoms with van der Waals surface area (Å²) < 4.78 is 80.5. The van der Waals surface area contributed by atoms with Crippen molar-refractivity contribution in [1.82, 2.24) is 14.8 Å². The van der Waals surface area contributed by atoms with Crippen LogP contribution in [0.1, 0.15) is 16.7 Å². The van der Waals surface area contributed by atoms with Crippen LogP contribution in [-0.4, -0.2) is 26.4 Å². The van der Waals surface area contributed by atoms with Crippen molar-refractivity contribution in [3.05, 3.63) is 88.4 Å². The third-order valence-electron chi connectivity index (χ3n) is 5.23. The van der Waals surface area contributed by atoms with E-state index < -0.39 is 35.1 Å². The molecule has 0 bridgehead atoms. The van der Waals surface area contributed by atoms with Crippen molar-refractivity contribution in [2.75, 3.05) is 11.1 Å². The average Bonchev–Trinajstić information content (AvgIpc) is 3.26. The largest absolute Gasteiger partial charge is 0.416 e. The van der Waals surface area contributed by atoms with Gasteiger partial charge in [-0.3, -0.25) is 9.36 Å². The zero-order chi connectivity index (χ0) is 27.7. The maximum Gasteiger partial charge on any atom is 0.416 e. The van der Waals surface area contributed by atoms with Gasteiger partial charge in [0.2, 0.25) is 5.91 Å². The van der Waals surface area contributed by atoms with E-state index >= 15 is 0 Å². The summed E-state index contributed by atoms with van der Waals surface area (Å²) in [6.45, 7) is 1.91. The van der Waals surface area contributed by atoms with Crippen LogP contribution in [0.2, 0.25) is 5.02 Å². The Bertz CT molecular complexity index is 1420. The molecule has 0 aliphatic carbocycles. The molecule has 4 aromatic rings. The molecule has 1 heterocycles. The van der Waals surface area contributed by atoms with Crippen molar-refractivity contribution >= 4 is 35.0 Å². The first-order chi connectivity index (χ1) is 17.8. The fourth-order valence-corrected chi connectivity index (χ4v) is 4.31. The summed E-state index contributed by atoms with van der Waals surface area (Å²) in [5, 5.41) is 11.3. The summed E-state index contributed by atoms with van der Waals surface area (Å²) in [7, 11) is 0. The van der Waals surface area contributed by atoms with Crippen LogP contribution in [0.3, 0.4) is 0 Å². The van der Waals surface area contributed by atoms with Crippen LogP contribution in [-0.2, 0) is 17.1 Å². The maximum atomic E-state index is 13.1. The van der Waals surface area contributed by atoms with Crippen LogP contribution in [0.25, 0.3) is 17.1 Å². The third kappa shape index (κ3) is 6.48. The second-order valence-corrected chi connectivity index (χ2v) is 9.49. The number of nitrogens with zero attached hydrogens (tertiary/aromatic N) is 3. The Labute approximate surface area is 221 Å². The van der Waals surface area contributed by atoms with Gasteiger partial charge in [0.05, 0.1) is 16.9 Å². The van der Waals surface area contributed by atoms with Crippen LogP contribution in [0.15, 0.2) is 71.9 Å². The van der Waals surface area contributed by atoms with Crippen molar-refractivity contribution < 1.29 is 31.1 Å². The number of hydrogen-bond acceptors (Lipinski definition) is 4. The van der Waals surface area contributed by atoms with Crippen molar-refractivity contribution in [3.8, 4) is 17.1 Å². The normalized spacial score (nSPS) is 12.0. The fraction of sp³-hybridized carbons (Fsp3) is 0.160. The van der Waals surface area contributed by atoms with Crippen molar-refractivity contribution in [3.63, 3.8) is 0 Å². The second-order valence-electron chi connectivity index (χ2n) is 8.12. The molecule has 0 aliphatic rings. The molecule has 1 N–H and O–H groups in total. The highest BCUT2D eigenvalue weighted by Gasteiger charge is 2.37. The van der Waals surface area contributed by atoms with Crippen molar-refractivity contribution in [2.24, 2.45) is 0 Å². The Morgan fingerprint density at radius 1 is 0.895 bits per heavy atom. The number of rotatable bonds is 6. The van der Waals surface area contributed by atoms with Gasteiger partial charge in [0, 0.05) is 22.0 Å². The molecule has 1 aromatic heterocycles. The average molecular weight is 571 g/mol. The number of nitrogens with one attached hydrogen (secondary N) is 1. The molecule has 3 aromatic carbocycles. The highest BCUT2D eigenvalue weighted by Crippen LogP contribution is 2.37. The standard InChI is InChI=1S/C25H17ClF6N4OS/c1-14-2-8-20(9-3-14)36-22(15-4-6-18(26)7-5-15)34-35-23(36)38-13-21(37)33-19-11-16(24(27,28)29)10-17(12-19)25(30,31)32/h2-12H,13H2,1H3,(H,33,37). The van der Waals surface area contributed by atoms with Crippen LogP contribution >= 0.6 is 23.4 Å². The molecule has 13 heteroatoms. The van der Waals surface area contributed by atoms with E-state index in [2.05, 4.69) is 15.5 Å². The van der Waals surface area contributed by atoms with Gasteiger partial charge in [-0.15, -0.1) is 10.2 Å². The molecule has 0 saturated heterocycles. The van der Waals surface area contributed by atoms with E-state index in [4.69, 9.17) is 11.6 Å². The predicted molar refractivity (Wildman–Crippen MR) is 132 cm³/mol. The summed E-state index contributed by atoms with van der Waals surface area (Å²) >= 11 is 6.90. The summed E-state index contributed by atoms with van der Waals surface area (Å²) in [5.41, 5.74) is -1.31. The zero-order valence-electron chi connectivity index (χ0n) is 19.4. The molecule has 0 radical (unpaired) electrons. The highest BCUT2D eigenvalue weighted by atomic mass is 35.5. The van der Waals surface area contributed by atoms with Crippen molar-refractivity contribution in [2.45, 2.75) is 24.4 Å². The van der Waals surface area contributed by atoms with Crippen LogP contribution in [0.5, 0.6) is 0 Å². The maximum absolute atomic E-state index is 13.1. The molecule has 0 unspecified atom stereocenters. The monoisotopic (exact) mass is 570 g/mol. The molecular formula is C25H17ClF6N4OS. The van der Waals surface area contributed by atoms with E-state index in [1.54, 1.807) is 28.8 Å². The van der Waals surface area contributed by atoms with Gasteiger partial charge in [0.1, 0.15) is 0 Å². The topological polar surface area (TPSA) is 59.8 Å². The van der Waals surface area contributed by atoms with Gasteiger partial charge in [0.15, 0.2) is 11.0 Å². The lowest BCUT2D eigenvalue weighted by molar-refractivity contribution is -0.143. The first-order valence-corrected chi connectivity index (χ1v) is 12.2. The molecule has 5 nitrogen and oxygen atoms in total. The van der Waals surface area contributed by atoms with E-state index in [9.17, 15) is 31.1 Å².